The number of quaternary nitrogens is 1. The second kappa shape index (κ2) is 6.21. The first kappa shape index (κ1) is 17.5. The molecule has 0 aromatic heterocycles. The second-order valence-electron chi connectivity index (χ2n) is 6.40. The van der Waals surface area contributed by atoms with Gasteiger partial charge in [0.2, 0.25) is 5.78 Å². The number of Topliss-reactive ketones (excluding diaryl/α,β-unsaturated/α-hetero) is 1. The van der Waals surface area contributed by atoms with Crippen molar-refractivity contribution in [3.05, 3.63) is 40.5 Å². The molecule has 1 aromatic carbocycles. The summed E-state index contributed by atoms with van der Waals surface area (Å²) in [7, 11) is 1.98. The van der Waals surface area contributed by atoms with Crippen LogP contribution in [0.1, 0.15) is 17.3 Å². The van der Waals surface area contributed by atoms with Crippen molar-refractivity contribution in [2.24, 2.45) is 0 Å². The number of hydroxylamine groups is 2. The number of anilines is 1. The highest BCUT2D eigenvalue weighted by atomic mass is 19.1. The average Bonchev–Trinajstić information content (AvgIpc) is 2.58. The zero-order valence-electron chi connectivity index (χ0n) is 14.2. The minimum atomic E-state index is -1.48. The summed E-state index contributed by atoms with van der Waals surface area (Å²) in [6.45, 7) is 4.36. The molecule has 1 aromatic rings. The summed E-state index contributed by atoms with van der Waals surface area (Å²) in [5.74, 6) is -2.93. The molecule has 2 aliphatic heterocycles. The Morgan fingerprint density at radius 1 is 1.32 bits per heavy atom. The van der Waals surface area contributed by atoms with Gasteiger partial charge in [0, 0.05) is 32.2 Å². The van der Waals surface area contributed by atoms with Crippen molar-refractivity contribution in [2.75, 3.05) is 44.7 Å². The molecule has 0 saturated carbocycles. The van der Waals surface area contributed by atoms with Crippen LogP contribution in [-0.2, 0) is 4.79 Å². The van der Waals surface area contributed by atoms with Crippen LogP contribution in [-0.4, -0.2) is 61.5 Å². The number of hydrogen-bond donors (Lipinski definition) is 1. The molecule has 1 N–H and O–H groups in total. The van der Waals surface area contributed by atoms with Gasteiger partial charge in [0.1, 0.15) is 12.0 Å². The highest BCUT2D eigenvalue weighted by Gasteiger charge is 2.38. The van der Waals surface area contributed by atoms with E-state index < -0.39 is 27.8 Å². The third-order valence-corrected chi connectivity index (χ3v) is 4.84. The van der Waals surface area contributed by atoms with E-state index in [2.05, 4.69) is 4.90 Å². The maximum atomic E-state index is 14.6. The van der Waals surface area contributed by atoms with Crippen molar-refractivity contribution < 1.29 is 19.1 Å². The molecule has 0 radical (unpaired) electrons. The summed E-state index contributed by atoms with van der Waals surface area (Å²) in [6.07, 6.45) is 0.901. The fraction of sp³-hybridized carbons (Fsp3) is 0.412. The number of carboxylic acid groups (broad SMARTS) is 1. The minimum Gasteiger partial charge on any atom is -0.622 e. The Balaban J connectivity index is 2.10. The van der Waals surface area contributed by atoms with Gasteiger partial charge >= 0.3 is 5.97 Å². The largest absolute Gasteiger partial charge is 0.622 e. The van der Waals surface area contributed by atoms with Gasteiger partial charge in [0.05, 0.1) is 17.8 Å². The molecule has 8 heteroatoms. The number of nitrogens with zero attached hydrogens (tertiary/aromatic N) is 3. The first-order valence-electron chi connectivity index (χ1n) is 8.14. The Morgan fingerprint density at radius 2 is 1.96 bits per heavy atom. The van der Waals surface area contributed by atoms with Crippen LogP contribution in [0.15, 0.2) is 23.9 Å². The van der Waals surface area contributed by atoms with Crippen molar-refractivity contribution in [3.8, 4) is 0 Å². The van der Waals surface area contributed by atoms with Crippen LogP contribution in [0.25, 0.3) is 0 Å². The highest BCUT2D eigenvalue weighted by molar-refractivity contribution is 6.26. The molecule has 0 aliphatic carbocycles. The maximum absolute atomic E-state index is 14.6. The monoisotopic (exact) mass is 349 g/mol. The molecule has 1 unspecified atom stereocenters. The summed E-state index contributed by atoms with van der Waals surface area (Å²) in [5.41, 5.74) is -0.422. The number of carbonyl (C=O) groups is 2. The van der Waals surface area contributed by atoms with E-state index >= 15 is 0 Å². The topological polar surface area (TPSA) is 83.9 Å². The fourth-order valence-corrected chi connectivity index (χ4v) is 3.23. The lowest BCUT2D eigenvalue weighted by atomic mass is 9.96. The van der Waals surface area contributed by atoms with Gasteiger partial charge in [-0.25, -0.2) is 9.18 Å². The molecule has 1 saturated heterocycles. The lowest BCUT2D eigenvalue weighted by Crippen LogP contribution is -2.46. The molecule has 134 valence electrons. The van der Waals surface area contributed by atoms with Crippen LogP contribution in [0.5, 0.6) is 0 Å². The van der Waals surface area contributed by atoms with Gasteiger partial charge in [-0.1, -0.05) is 0 Å². The Kier molecular flexibility index (Phi) is 4.36. The first-order valence-corrected chi connectivity index (χ1v) is 8.14. The van der Waals surface area contributed by atoms with E-state index in [-0.39, 0.29) is 23.5 Å². The van der Waals surface area contributed by atoms with Gasteiger partial charge in [-0.2, -0.15) is 0 Å². The van der Waals surface area contributed by atoms with E-state index in [1.54, 1.807) is 6.92 Å². The van der Waals surface area contributed by atoms with Crippen LogP contribution in [0, 0.1) is 11.0 Å². The van der Waals surface area contributed by atoms with Crippen LogP contribution in [0.4, 0.5) is 15.8 Å². The van der Waals surface area contributed by atoms with E-state index in [1.807, 2.05) is 11.9 Å². The third-order valence-electron chi connectivity index (χ3n) is 4.84. The lowest BCUT2D eigenvalue weighted by Gasteiger charge is -2.42. The Hall–Kier alpha value is -2.29. The van der Waals surface area contributed by atoms with Gasteiger partial charge in [-0.3, -0.25) is 4.79 Å². The predicted molar refractivity (Wildman–Crippen MR) is 91.9 cm³/mol. The molecular weight excluding hydrogens is 329 g/mol. The molecular formula is C17H20FN3O4. The first-order chi connectivity index (χ1) is 11.8. The van der Waals surface area contributed by atoms with Crippen LogP contribution < -0.4 is 9.55 Å². The highest BCUT2D eigenvalue weighted by Crippen LogP contribution is 2.39. The molecule has 1 fully saturated rings. The summed E-state index contributed by atoms with van der Waals surface area (Å²) in [4.78, 5) is 27.6. The number of aliphatic carboxylic acids is 1. The molecule has 1 atom stereocenters. The molecule has 3 rings (SSSR count). The number of likely N-dealkylation sites (N-methyl/N-ethyl adjacent to an activating group) is 1. The molecule has 2 aliphatic rings. The normalized spacial score (nSPS) is 24.1. The number of hydrogen-bond acceptors (Lipinski definition) is 5. The number of benzene rings is 1. The SMILES string of the molecule is CC[N+]1([O-])C=C(C(=O)O)C(=O)c2cc(F)c(N3CCN(C)CC3)cc21. The number of rotatable bonds is 3. The number of carboxylic acids is 1. The van der Waals surface area contributed by atoms with Crippen molar-refractivity contribution in [2.45, 2.75) is 6.92 Å². The molecule has 2 heterocycles. The lowest BCUT2D eigenvalue weighted by molar-refractivity contribution is -0.132. The Morgan fingerprint density at radius 3 is 2.52 bits per heavy atom. The molecule has 25 heavy (non-hydrogen) atoms. The number of carbonyl (C=O) groups excluding carboxylic acids is 1. The van der Waals surface area contributed by atoms with Gasteiger partial charge in [-0.15, -0.1) is 0 Å². The van der Waals surface area contributed by atoms with E-state index in [0.717, 1.165) is 25.4 Å². The predicted octanol–water partition coefficient (Wildman–Crippen LogP) is 1.57. The average molecular weight is 349 g/mol. The molecule has 7 nitrogen and oxygen atoms in total. The van der Waals surface area contributed by atoms with E-state index in [1.165, 1.54) is 6.07 Å². The number of piperazine rings is 1. The van der Waals surface area contributed by atoms with Crippen LogP contribution in [0.2, 0.25) is 0 Å². The number of fused-ring (bicyclic) bond motifs is 1. The van der Waals surface area contributed by atoms with Crippen LogP contribution in [0.3, 0.4) is 0 Å². The number of halogens is 1. The van der Waals surface area contributed by atoms with Crippen LogP contribution >= 0.6 is 0 Å². The molecule has 0 spiro atoms. The number of ketones is 1. The van der Waals surface area contributed by atoms with E-state index in [9.17, 15) is 19.2 Å². The van der Waals surface area contributed by atoms with Gasteiger partial charge in [0.15, 0.2) is 11.3 Å². The second-order valence-corrected chi connectivity index (χ2v) is 6.40. The summed E-state index contributed by atoms with van der Waals surface area (Å²) in [6, 6.07) is 2.40. The van der Waals surface area contributed by atoms with E-state index in [4.69, 9.17) is 5.11 Å². The van der Waals surface area contributed by atoms with Gasteiger partial charge in [0.25, 0.3) is 0 Å². The summed E-state index contributed by atoms with van der Waals surface area (Å²) >= 11 is 0. The standard InChI is InChI=1S/C17H20FN3O4/c1-3-21(25)10-12(17(23)24)16(22)11-8-13(18)14(9-15(11)21)20-6-4-19(2)5-7-20/h8-10H,3-7H2,1-2H3,(H,23,24). The van der Waals surface area contributed by atoms with Gasteiger partial charge in [-0.05, 0) is 20.0 Å². The zero-order chi connectivity index (χ0) is 18.4. The zero-order valence-corrected chi connectivity index (χ0v) is 14.2. The summed E-state index contributed by atoms with van der Waals surface area (Å²) < 4.78 is 13.5. The summed E-state index contributed by atoms with van der Waals surface area (Å²) in [5, 5.41) is 22.2. The third kappa shape index (κ3) is 2.92. The van der Waals surface area contributed by atoms with Gasteiger partial charge < -0.3 is 24.8 Å². The van der Waals surface area contributed by atoms with E-state index in [0.29, 0.717) is 13.1 Å². The maximum Gasteiger partial charge on any atom is 0.345 e. The smallest absolute Gasteiger partial charge is 0.345 e. The van der Waals surface area contributed by atoms with Crippen molar-refractivity contribution in [3.63, 3.8) is 0 Å². The minimum absolute atomic E-state index is 0.00483. The van der Waals surface area contributed by atoms with Crippen molar-refractivity contribution in [1.82, 2.24) is 9.55 Å². The molecule has 0 amide bonds. The Bertz CT molecular complexity index is 771. The quantitative estimate of drug-likeness (QED) is 0.507. The Labute approximate surface area is 144 Å². The molecule has 0 bridgehead atoms. The fourth-order valence-electron chi connectivity index (χ4n) is 3.23. The van der Waals surface area contributed by atoms with Crippen molar-refractivity contribution in [1.29, 1.82) is 0 Å². The van der Waals surface area contributed by atoms with Crippen molar-refractivity contribution >= 4 is 23.1 Å².